The molecule has 1 aliphatic heterocycles. The molecule has 1 aromatic rings. The van der Waals surface area contributed by atoms with Gasteiger partial charge in [0.1, 0.15) is 6.61 Å². The van der Waals surface area contributed by atoms with Crippen LogP contribution in [0.2, 0.25) is 0 Å². The van der Waals surface area contributed by atoms with Crippen molar-refractivity contribution in [3.8, 4) is 0 Å². The molecular weight excluding hydrogens is 236 g/mol. The molecule has 0 radical (unpaired) electrons. The van der Waals surface area contributed by atoms with Gasteiger partial charge in [-0.05, 0) is 12.1 Å². The van der Waals surface area contributed by atoms with Crippen LogP contribution >= 0.6 is 0 Å². The van der Waals surface area contributed by atoms with Gasteiger partial charge in [-0.2, -0.15) is 0 Å². The van der Waals surface area contributed by atoms with Crippen molar-refractivity contribution in [1.29, 1.82) is 0 Å². The molecule has 1 aliphatic rings. The van der Waals surface area contributed by atoms with Gasteiger partial charge in [0, 0.05) is 7.11 Å². The highest BCUT2D eigenvalue weighted by molar-refractivity contribution is 5.90. The number of carbonyl (C=O) groups excluding carboxylic acids is 2. The topological polar surface area (TPSA) is 61.8 Å². The Morgan fingerprint density at radius 1 is 1.39 bits per heavy atom. The van der Waals surface area contributed by atoms with Gasteiger partial charge in [0.2, 0.25) is 0 Å². The predicted molar refractivity (Wildman–Crippen MR) is 62.0 cm³/mol. The minimum Gasteiger partial charge on any atom is -0.459 e. The molecule has 1 aromatic carbocycles. The van der Waals surface area contributed by atoms with E-state index in [2.05, 4.69) is 0 Å². The van der Waals surface area contributed by atoms with Gasteiger partial charge in [-0.15, -0.1) is 0 Å². The van der Waals surface area contributed by atoms with Crippen molar-refractivity contribution >= 4 is 11.8 Å². The number of Topliss-reactive ketones (excluding diaryl/α,β-unsaturated/α-hetero) is 1. The van der Waals surface area contributed by atoms with Gasteiger partial charge < -0.3 is 14.2 Å². The second-order valence-electron chi connectivity index (χ2n) is 3.92. The average Bonchev–Trinajstić information content (AvgIpc) is 2.77. The first-order chi connectivity index (χ1) is 8.70. The van der Waals surface area contributed by atoms with E-state index in [0.29, 0.717) is 5.56 Å². The van der Waals surface area contributed by atoms with Crippen molar-refractivity contribution in [2.45, 2.75) is 18.8 Å². The summed E-state index contributed by atoms with van der Waals surface area (Å²) in [6, 6.07) is 8.60. The van der Waals surface area contributed by atoms with Gasteiger partial charge in [-0.3, -0.25) is 4.79 Å². The number of hydrogen-bond acceptors (Lipinski definition) is 5. The average molecular weight is 250 g/mol. The van der Waals surface area contributed by atoms with Gasteiger partial charge in [0.25, 0.3) is 0 Å². The Hall–Kier alpha value is -1.72. The summed E-state index contributed by atoms with van der Waals surface area (Å²) in [7, 11) is 1.47. The molecule has 2 atom stereocenters. The van der Waals surface area contributed by atoms with E-state index in [4.69, 9.17) is 14.2 Å². The number of methoxy groups -OCH3 is 1. The summed E-state index contributed by atoms with van der Waals surface area (Å²) in [6.07, 6.45) is -1.05. The number of rotatable bonds is 4. The quantitative estimate of drug-likeness (QED) is 0.751. The summed E-state index contributed by atoms with van der Waals surface area (Å²) in [4.78, 5) is 23.1. The first kappa shape index (κ1) is 12.7. The molecule has 0 N–H and O–H groups in total. The Bertz CT molecular complexity index is 428. The standard InChI is InChI=1S/C13H14O5/c1-16-12-7-10(14)11(18-12)8-17-13(15)9-5-3-2-4-6-9/h2-6,11-12H,7-8H2,1H3/t11-,12-/m0/s1. The van der Waals surface area contributed by atoms with Gasteiger partial charge in [0.05, 0.1) is 12.0 Å². The van der Waals surface area contributed by atoms with E-state index in [9.17, 15) is 9.59 Å². The predicted octanol–water partition coefficient (Wildman–Crippen LogP) is 1.17. The molecule has 0 spiro atoms. The van der Waals surface area contributed by atoms with Gasteiger partial charge >= 0.3 is 5.97 Å². The molecule has 1 fully saturated rings. The van der Waals surface area contributed by atoms with E-state index in [1.165, 1.54) is 7.11 Å². The van der Waals surface area contributed by atoms with Gasteiger partial charge in [-0.1, -0.05) is 18.2 Å². The van der Waals surface area contributed by atoms with E-state index in [1.54, 1.807) is 24.3 Å². The van der Waals surface area contributed by atoms with E-state index in [-0.39, 0.29) is 18.8 Å². The van der Waals surface area contributed by atoms with Crippen LogP contribution in [-0.4, -0.2) is 37.9 Å². The summed E-state index contributed by atoms with van der Waals surface area (Å²) in [6.45, 7) is -0.0770. The molecule has 0 aliphatic carbocycles. The number of hydrogen-bond donors (Lipinski definition) is 0. The number of ketones is 1. The number of ether oxygens (including phenoxy) is 3. The number of esters is 1. The van der Waals surface area contributed by atoms with Crippen LogP contribution in [0.4, 0.5) is 0 Å². The zero-order valence-electron chi connectivity index (χ0n) is 10.00. The van der Waals surface area contributed by atoms with E-state index < -0.39 is 18.4 Å². The summed E-state index contributed by atoms with van der Waals surface area (Å²) < 4.78 is 15.2. The third kappa shape index (κ3) is 2.94. The lowest BCUT2D eigenvalue weighted by Crippen LogP contribution is -2.25. The van der Waals surface area contributed by atoms with Crippen LogP contribution in [0.5, 0.6) is 0 Å². The SMILES string of the molecule is CO[C@@H]1CC(=O)[C@H](COC(=O)c2ccccc2)O1. The van der Waals surface area contributed by atoms with Crippen molar-refractivity contribution < 1.29 is 23.8 Å². The Labute approximate surface area is 105 Å². The normalized spacial score (nSPS) is 23.1. The number of benzene rings is 1. The summed E-state index contributed by atoms with van der Waals surface area (Å²) >= 11 is 0. The molecule has 0 aromatic heterocycles. The maximum Gasteiger partial charge on any atom is 0.338 e. The van der Waals surface area contributed by atoms with Gasteiger partial charge in [-0.25, -0.2) is 4.79 Å². The minimum atomic E-state index is -0.720. The van der Waals surface area contributed by atoms with Crippen LogP contribution in [0.25, 0.3) is 0 Å². The third-order valence-electron chi connectivity index (χ3n) is 2.68. The summed E-state index contributed by atoms with van der Waals surface area (Å²) in [5.41, 5.74) is 0.450. The minimum absolute atomic E-state index is 0.0770. The van der Waals surface area contributed by atoms with Crippen molar-refractivity contribution in [2.24, 2.45) is 0 Å². The molecule has 1 heterocycles. The van der Waals surface area contributed by atoms with Crippen molar-refractivity contribution in [2.75, 3.05) is 13.7 Å². The van der Waals surface area contributed by atoms with Crippen LogP contribution in [0.3, 0.4) is 0 Å². The molecule has 18 heavy (non-hydrogen) atoms. The molecule has 96 valence electrons. The smallest absolute Gasteiger partial charge is 0.338 e. The number of carbonyl (C=O) groups is 2. The van der Waals surface area contributed by atoms with Crippen LogP contribution in [-0.2, 0) is 19.0 Å². The molecule has 0 saturated carbocycles. The molecule has 1 saturated heterocycles. The first-order valence-electron chi connectivity index (χ1n) is 5.64. The molecular formula is C13H14O5. The van der Waals surface area contributed by atoms with Crippen molar-refractivity contribution in [1.82, 2.24) is 0 Å². The maximum atomic E-state index is 11.6. The largest absolute Gasteiger partial charge is 0.459 e. The van der Waals surface area contributed by atoms with Crippen LogP contribution in [0.1, 0.15) is 16.8 Å². The second kappa shape index (κ2) is 5.75. The van der Waals surface area contributed by atoms with Crippen LogP contribution in [0, 0.1) is 0 Å². The zero-order valence-corrected chi connectivity index (χ0v) is 10.00. The fraction of sp³-hybridized carbons (Fsp3) is 0.385. The van der Waals surface area contributed by atoms with E-state index in [1.807, 2.05) is 6.07 Å². The summed E-state index contributed by atoms with van der Waals surface area (Å²) in [5, 5.41) is 0. The van der Waals surface area contributed by atoms with Crippen LogP contribution < -0.4 is 0 Å². The highest BCUT2D eigenvalue weighted by Crippen LogP contribution is 2.17. The Kier molecular flexibility index (Phi) is 4.07. The molecule has 5 heteroatoms. The van der Waals surface area contributed by atoms with E-state index in [0.717, 1.165) is 0 Å². The van der Waals surface area contributed by atoms with Crippen molar-refractivity contribution in [3.05, 3.63) is 35.9 Å². The molecule has 0 bridgehead atoms. The Morgan fingerprint density at radius 2 is 2.11 bits per heavy atom. The maximum absolute atomic E-state index is 11.6. The molecule has 0 unspecified atom stereocenters. The monoisotopic (exact) mass is 250 g/mol. The molecule has 0 amide bonds. The summed E-state index contributed by atoms with van der Waals surface area (Å²) in [5.74, 6) is -0.574. The molecule has 2 rings (SSSR count). The second-order valence-corrected chi connectivity index (χ2v) is 3.92. The highest BCUT2D eigenvalue weighted by Gasteiger charge is 2.34. The lowest BCUT2D eigenvalue weighted by Gasteiger charge is -2.11. The van der Waals surface area contributed by atoms with Gasteiger partial charge in [0.15, 0.2) is 18.2 Å². The fourth-order valence-electron chi connectivity index (χ4n) is 1.68. The Morgan fingerprint density at radius 3 is 2.72 bits per heavy atom. The molecule has 5 nitrogen and oxygen atoms in total. The lowest BCUT2D eigenvalue weighted by atomic mass is 10.2. The highest BCUT2D eigenvalue weighted by atomic mass is 16.7. The lowest BCUT2D eigenvalue weighted by molar-refractivity contribution is -0.135. The first-order valence-corrected chi connectivity index (χ1v) is 5.64. The zero-order chi connectivity index (χ0) is 13.0. The fourth-order valence-corrected chi connectivity index (χ4v) is 1.68. The van der Waals surface area contributed by atoms with Crippen LogP contribution in [0.15, 0.2) is 30.3 Å². The Balaban J connectivity index is 1.85. The van der Waals surface area contributed by atoms with Crippen molar-refractivity contribution in [3.63, 3.8) is 0 Å². The van der Waals surface area contributed by atoms with E-state index >= 15 is 0 Å². The third-order valence-corrected chi connectivity index (χ3v) is 2.68.